The van der Waals surface area contributed by atoms with E-state index < -0.39 is 7.77 Å². The Morgan fingerprint density at radius 3 is 2.62 bits per heavy atom. The van der Waals surface area contributed by atoms with Crippen LogP contribution in [0.1, 0.15) is 13.3 Å². The summed E-state index contributed by atoms with van der Waals surface area (Å²) in [6.07, 6.45) is 0.502. The van der Waals surface area contributed by atoms with Gasteiger partial charge in [-0.1, -0.05) is 0 Å². The fourth-order valence-electron chi connectivity index (χ4n) is 0.802. The molecule has 0 aliphatic carbocycles. The summed E-state index contributed by atoms with van der Waals surface area (Å²) in [7, 11) is 1.71. The average molecular weight is 208 g/mol. The van der Waals surface area contributed by atoms with Crippen LogP contribution in [-0.2, 0) is 14.2 Å². The second-order valence-electron chi connectivity index (χ2n) is 2.37. The Morgan fingerprint density at radius 2 is 2.15 bits per heavy atom. The van der Waals surface area contributed by atoms with Crippen LogP contribution >= 0.6 is 7.77 Å². The summed E-state index contributed by atoms with van der Waals surface area (Å²) in [4.78, 5) is 11.1. The van der Waals surface area contributed by atoms with Crippen LogP contribution in [-0.4, -0.2) is 39.3 Å². The Kier molecular flexibility index (Phi) is 8.61. The van der Waals surface area contributed by atoms with Gasteiger partial charge < -0.3 is 19.1 Å². The highest BCUT2D eigenvalue weighted by Crippen LogP contribution is 2.10. The predicted molar refractivity (Wildman–Crippen MR) is 51.9 cm³/mol. The highest BCUT2D eigenvalue weighted by molar-refractivity contribution is 7.49. The molecule has 0 bridgehead atoms. The van der Waals surface area contributed by atoms with Crippen LogP contribution in [0.3, 0.4) is 0 Å². The van der Waals surface area contributed by atoms with E-state index in [-0.39, 0.29) is 12.6 Å². The number of hydrogen-bond acceptors (Lipinski definition) is 4. The number of hydrogen-bond donors (Lipinski definition) is 0. The monoisotopic (exact) mass is 208 g/mol. The van der Waals surface area contributed by atoms with Gasteiger partial charge in [-0.3, -0.25) is 0 Å². The summed E-state index contributed by atoms with van der Waals surface area (Å²) in [5.41, 5.74) is 0. The van der Waals surface area contributed by atoms with Crippen LogP contribution in [0, 0.1) is 0 Å². The topological polar surface area (TPSA) is 50.8 Å². The van der Waals surface area contributed by atoms with Gasteiger partial charge in [0.15, 0.2) is 6.29 Å². The maximum absolute atomic E-state index is 11.1. The maximum Gasteiger partial charge on any atom is 0.200 e. The van der Waals surface area contributed by atoms with Crippen molar-refractivity contribution >= 4 is 13.6 Å². The summed E-state index contributed by atoms with van der Waals surface area (Å²) >= 11 is 0. The third-order valence-electron chi connectivity index (χ3n) is 1.37. The van der Waals surface area contributed by atoms with Gasteiger partial charge in [0, 0.05) is 20.8 Å². The third kappa shape index (κ3) is 7.11. The molecular weight excluding hydrogens is 191 g/mol. The Balaban J connectivity index is 3.74. The molecule has 0 aromatic rings. The third-order valence-corrected chi connectivity index (χ3v) is 2.50. The first-order valence-corrected chi connectivity index (χ1v) is 5.66. The van der Waals surface area contributed by atoms with Gasteiger partial charge in [0.1, 0.15) is 0 Å². The molecule has 0 aromatic carbocycles. The van der Waals surface area contributed by atoms with E-state index in [1.807, 2.05) is 6.92 Å². The molecule has 13 heavy (non-hydrogen) atoms. The smallest absolute Gasteiger partial charge is 0.200 e. The van der Waals surface area contributed by atoms with Crippen molar-refractivity contribution in [1.29, 1.82) is 0 Å². The molecule has 0 aliphatic heterocycles. The van der Waals surface area contributed by atoms with Crippen LogP contribution in [0.4, 0.5) is 0 Å². The molecule has 0 radical (unpaired) electrons. The van der Waals surface area contributed by atoms with E-state index in [4.69, 9.17) is 14.2 Å². The minimum absolute atomic E-state index is 0.262. The normalized spacial score (nSPS) is 14.6. The molecule has 0 aliphatic rings. The van der Waals surface area contributed by atoms with Gasteiger partial charge in [0.25, 0.3) is 0 Å². The molecule has 0 fully saturated rings. The Morgan fingerprint density at radius 1 is 1.46 bits per heavy atom. The van der Waals surface area contributed by atoms with Crippen molar-refractivity contribution in [3.05, 3.63) is 0 Å². The van der Waals surface area contributed by atoms with E-state index >= 15 is 0 Å². The Labute approximate surface area is 80.3 Å². The molecule has 0 spiro atoms. The molecule has 0 amide bonds. The van der Waals surface area contributed by atoms with E-state index in [1.54, 1.807) is 12.9 Å². The largest absolute Gasteiger partial charge is 0.629 e. The van der Waals surface area contributed by atoms with Crippen molar-refractivity contribution in [1.82, 2.24) is 0 Å². The van der Waals surface area contributed by atoms with Gasteiger partial charge in [0.05, 0.1) is 20.0 Å². The van der Waals surface area contributed by atoms with Crippen molar-refractivity contribution in [3.63, 3.8) is 0 Å². The van der Waals surface area contributed by atoms with Crippen LogP contribution in [0.15, 0.2) is 0 Å². The quantitative estimate of drug-likeness (QED) is 0.453. The maximum atomic E-state index is 11.1. The minimum atomic E-state index is -1.39. The molecule has 0 rings (SSSR count). The molecule has 0 saturated heterocycles. The average Bonchev–Trinajstić information content (AvgIpc) is 2.12. The van der Waals surface area contributed by atoms with Gasteiger partial charge in [0.2, 0.25) is 6.35 Å². The van der Waals surface area contributed by atoms with Crippen LogP contribution in [0.2, 0.25) is 0 Å². The molecular formula is C8H17O4P. The fourth-order valence-corrected chi connectivity index (χ4v) is 1.57. The molecule has 0 saturated carbocycles. The number of ether oxygens (including phenoxy) is 3. The van der Waals surface area contributed by atoms with E-state index in [1.165, 1.54) is 7.11 Å². The van der Waals surface area contributed by atoms with Crippen LogP contribution in [0.5, 0.6) is 0 Å². The number of methoxy groups -OCH3 is 2. The fraction of sp³-hybridized carbons (Fsp3) is 0.875. The highest BCUT2D eigenvalue weighted by Gasteiger charge is 2.06. The van der Waals surface area contributed by atoms with E-state index in [0.29, 0.717) is 13.0 Å². The van der Waals surface area contributed by atoms with Gasteiger partial charge in [-0.15, -0.1) is 0 Å². The zero-order valence-electron chi connectivity index (χ0n) is 8.36. The molecule has 0 N–H and O–H groups in total. The Hall–Kier alpha value is 0.01000. The van der Waals surface area contributed by atoms with Gasteiger partial charge in [-0.2, -0.15) is 0 Å². The molecule has 0 heterocycles. The molecule has 2 atom stereocenters. The first-order chi connectivity index (χ1) is 6.24. The minimum Gasteiger partial charge on any atom is -0.629 e. The lowest BCUT2D eigenvalue weighted by atomic mass is 10.5. The summed E-state index contributed by atoms with van der Waals surface area (Å²) < 4.78 is 14.9. The zero-order chi connectivity index (χ0) is 10.1. The van der Waals surface area contributed by atoms with Gasteiger partial charge in [-0.05, 0) is 6.92 Å². The second-order valence-corrected chi connectivity index (χ2v) is 3.83. The van der Waals surface area contributed by atoms with Crippen molar-refractivity contribution in [2.45, 2.75) is 19.6 Å². The first kappa shape index (κ1) is 13.0. The SMILES string of the molecule is CCOC(CC=[P+]([O-])COC)OC. The Bertz CT molecular complexity index is 149. The zero-order valence-corrected chi connectivity index (χ0v) is 9.25. The van der Waals surface area contributed by atoms with Gasteiger partial charge in [-0.25, -0.2) is 0 Å². The van der Waals surface area contributed by atoms with Crippen LogP contribution < -0.4 is 4.89 Å². The molecule has 78 valence electrons. The van der Waals surface area contributed by atoms with Crippen molar-refractivity contribution < 1.29 is 19.1 Å². The van der Waals surface area contributed by atoms with Crippen LogP contribution in [0.25, 0.3) is 0 Å². The second kappa shape index (κ2) is 8.60. The molecule has 5 heteroatoms. The van der Waals surface area contributed by atoms with Crippen molar-refractivity contribution in [3.8, 4) is 0 Å². The first-order valence-electron chi connectivity index (χ1n) is 4.15. The molecule has 2 unspecified atom stereocenters. The number of rotatable bonds is 7. The highest BCUT2D eigenvalue weighted by atomic mass is 31.1. The van der Waals surface area contributed by atoms with Crippen molar-refractivity contribution in [2.24, 2.45) is 0 Å². The lowest BCUT2D eigenvalue weighted by Crippen LogP contribution is -2.16. The van der Waals surface area contributed by atoms with E-state index in [0.717, 1.165) is 0 Å². The van der Waals surface area contributed by atoms with Gasteiger partial charge >= 0.3 is 0 Å². The summed E-state index contributed by atoms with van der Waals surface area (Å²) in [6.45, 7) is 2.48. The standard InChI is InChI=1S/C8H17O4P/c1-4-12-8(11-3)5-6-13(9)7-10-2/h6,8H,4-5,7H2,1-3H3. The predicted octanol–water partition coefficient (Wildman–Crippen LogP) is 0.549. The summed E-state index contributed by atoms with van der Waals surface area (Å²) in [6, 6.07) is 0. The summed E-state index contributed by atoms with van der Waals surface area (Å²) in [5, 5.41) is 0. The molecule has 0 aromatic heterocycles. The lowest BCUT2D eigenvalue weighted by Gasteiger charge is -2.11. The van der Waals surface area contributed by atoms with E-state index in [2.05, 4.69) is 0 Å². The van der Waals surface area contributed by atoms with E-state index in [9.17, 15) is 4.89 Å². The summed E-state index contributed by atoms with van der Waals surface area (Å²) in [5.74, 6) is 1.67. The van der Waals surface area contributed by atoms with Crippen molar-refractivity contribution in [2.75, 3.05) is 27.2 Å². The molecule has 4 nitrogen and oxygen atoms in total. The lowest BCUT2D eigenvalue weighted by molar-refractivity contribution is -0.156.